The van der Waals surface area contributed by atoms with Crippen molar-refractivity contribution in [2.75, 3.05) is 13.2 Å². The van der Waals surface area contributed by atoms with Gasteiger partial charge in [0.2, 0.25) is 5.91 Å². The zero-order valence-corrected chi connectivity index (χ0v) is 8.32. The number of rotatable bonds is 5. The lowest BCUT2D eigenvalue weighted by Crippen LogP contribution is -2.19. The highest BCUT2D eigenvalue weighted by atomic mass is 16.5. The van der Waals surface area contributed by atoms with Crippen molar-refractivity contribution < 1.29 is 14.6 Å². The molecule has 0 aromatic rings. The van der Waals surface area contributed by atoms with Crippen molar-refractivity contribution in [1.29, 1.82) is 5.41 Å². The molecular weight excluding hydrogens is 196 g/mol. The van der Waals surface area contributed by atoms with E-state index in [1.165, 1.54) is 6.08 Å². The molecular formula is C10H14N2O3. The second-order valence-electron chi connectivity index (χ2n) is 3.21. The maximum atomic E-state index is 10.9. The van der Waals surface area contributed by atoms with Crippen LogP contribution >= 0.6 is 0 Å². The first-order valence-corrected chi connectivity index (χ1v) is 4.66. The molecule has 5 nitrogen and oxygen atoms in total. The van der Waals surface area contributed by atoms with Crippen LogP contribution in [0.5, 0.6) is 0 Å². The fourth-order valence-electron chi connectivity index (χ4n) is 1.19. The Bertz CT molecular complexity index is 332. The molecule has 0 fully saturated rings. The van der Waals surface area contributed by atoms with Gasteiger partial charge in [0.15, 0.2) is 0 Å². The Morgan fingerprint density at radius 3 is 2.93 bits per heavy atom. The second-order valence-corrected chi connectivity index (χ2v) is 3.21. The lowest BCUT2D eigenvalue weighted by Gasteiger charge is -2.13. The third-order valence-corrected chi connectivity index (χ3v) is 1.90. The van der Waals surface area contributed by atoms with Gasteiger partial charge in [0, 0.05) is 36.8 Å². The van der Waals surface area contributed by atoms with Gasteiger partial charge in [-0.25, -0.2) is 0 Å². The van der Waals surface area contributed by atoms with Gasteiger partial charge in [0.25, 0.3) is 0 Å². The van der Waals surface area contributed by atoms with E-state index in [0.29, 0.717) is 30.1 Å². The quantitative estimate of drug-likeness (QED) is 0.561. The van der Waals surface area contributed by atoms with Crippen molar-refractivity contribution >= 4 is 11.6 Å². The summed E-state index contributed by atoms with van der Waals surface area (Å²) in [7, 11) is 0. The molecule has 0 saturated heterocycles. The summed E-state index contributed by atoms with van der Waals surface area (Å²) in [6.07, 6.45) is 3.86. The van der Waals surface area contributed by atoms with Gasteiger partial charge < -0.3 is 21.0 Å². The SMILES string of the molecule is N=C1C=C(OCCCO)C=C(C(N)=O)C1. The van der Waals surface area contributed by atoms with E-state index in [4.69, 9.17) is 21.0 Å². The van der Waals surface area contributed by atoms with Gasteiger partial charge in [-0.2, -0.15) is 0 Å². The van der Waals surface area contributed by atoms with E-state index in [9.17, 15) is 4.79 Å². The Kier molecular flexibility index (Phi) is 4.05. The Morgan fingerprint density at radius 2 is 2.33 bits per heavy atom. The van der Waals surface area contributed by atoms with Crippen molar-refractivity contribution in [1.82, 2.24) is 0 Å². The van der Waals surface area contributed by atoms with Crippen molar-refractivity contribution in [3.05, 3.63) is 23.5 Å². The molecule has 0 aromatic heterocycles. The minimum Gasteiger partial charge on any atom is -0.493 e. The van der Waals surface area contributed by atoms with E-state index in [1.807, 2.05) is 0 Å². The van der Waals surface area contributed by atoms with Crippen LogP contribution < -0.4 is 5.73 Å². The van der Waals surface area contributed by atoms with E-state index < -0.39 is 5.91 Å². The molecule has 1 aliphatic carbocycles. The topological polar surface area (TPSA) is 96.4 Å². The lowest BCUT2D eigenvalue weighted by atomic mass is 10.0. The molecule has 0 saturated carbocycles. The van der Waals surface area contributed by atoms with Gasteiger partial charge >= 0.3 is 0 Å². The largest absolute Gasteiger partial charge is 0.493 e. The lowest BCUT2D eigenvalue weighted by molar-refractivity contribution is -0.114. The van der Waals surface area contributed by atoms with Crippen LogP contribution in [-0.2, 0) is 9.53 Å². The minimum absolute atomic E-state index is 0.0527. The first-order chi connectivity index (χ1) is 7.13. The van der Waals surface area contributed by atoms with Crippen molar-refractivity contribution in [3.63, 3.8) is 0 Å². The average molecular weight is 210 g/mol. The van der Waals surface area contributed by atoms with Crippen molar-refractivity contribution in [3.8, 4) is 0 Å². The molecule has 0 spiro atoms. The average Bonchev–Trinajstić information content (AvgIpc) is 2.17. The fourth-order valence-corrected chi connectivity index (χ4v) is 1.19. The highest BCUT2D eigenvalue weighted by Gasteiger charge is 2.14. The Hall–Kier alpha value is -1.62. The number of nitrogens with one attached hydrogen (secondary N) is 1. The Morgan fingerprint density at radius 1 is 1.60 bits per heavy atom. The van der Waals surface area contributed by atoms with Crippen LogP contribution in [0.4, 0.5) is 0 Å². The highest BCUT2D eigenvalue weighted by Crippen LogP contribution is 2.15. The zero-order valence-electron chi connectivity index (χ0n) is 8.32. The number of primary amides is 1. The van der Waals surface area contributed by atoms with E-state index in [2.05, 4.69) is 0 Å². The summed E-state index contributed by atoms with van der Waals surface area (Å²) in [5, 5.41) is 16.0. The summed E-state index contributed by atoms with van der Waals surface area (Å²) in [4.78, 5) is 10.9. The number of allylic oxidation sites excluding steroid dienone is 2. The maximum absolute atomic E-state index is 10.9. The van der Waals surface area contributed by atoms with Crippen LogP contribution in [0.25, 0.3) is 0 Å². The normalized spacial score (nSPS) is 15.7. The van der Waals surface area contributed by atoms with E-state index in [-0.39, 0.29) is 13.0 Å². The first kappa shape index (κ1) is 11.5. The van der Waals surface area contributed by atoms with Crippen LogP contribution in [0.2, 0.25) is 0 Å². The molecule has 0 aromatic carbocycles. The molecule has 0 unspecified atom stereocenters. The molecule has 1 rings (SSSR count). The van der Waals surface area contributed by atoms with Gasteiger partial charge in [0.1, 0.15) is 5.76 Å². The zero-order chi connectivity index (χ0) is 11.3. The number of aliphatic hydroxyl groups excluding tert-OH is 1. The number of aliphatic hydroxyl groups is 1. The van der Waals surface area contributed by atoms with Crippen molar-refractivity contribution in [2.24, 2.45) is 5.73 Å². The summed E-state index contributed by atoms with van der Waals surface area (Å²) >= 11 is 0. The predicted molar refractivity (Wildman–Crippen MR) is 55.4 cm³/mol. The van der Waals surface area contributed by atoms with Crippen LogP contribution in [0.15, 0.2) is 23.5 Å². The van der Waals surface area contributed by atoms with Gasteiger partial charge in [-0.15, -0.1) is 0 Å². The molecule has 82 valence electrons. The molecule has 0 heterocycles. The third kappa shape index (κ3) is 3.55. The summed E-state index contributed by atoms with van der Waals surface area (Å²) in [6.45, 7) is 0.412. The Labute approximate surface area is 87.7 Å². The van der Waals surface area contributed by atoms with Crippen LogP contribution in [0.1, 0.15) is 12.8 Å². The van der Waals surface area contributed by atoms with E-state index in [0.717, 1.165) is 0 Å². The number of carbonyl (C=O) groups excluding carboxylic acids is 1. The highest BCUT2D eigenvalue weighted by molar-refractivity contribution is 6.05. The summed E-state index contributed by atoms with van der Waals surface area (Å²) in [6, 6.07) is 0. The number of nitrogens with two attached hydrogens (primary N) is 1. The smallest absolute Gasteiger partial charge is 0.245 e. The third-order valence-electron chi connectivity index (χ3n) is 1.90. The van der Waals surface area contributed by atoms with Gasteiger partial charge in [-0.3, -0.25) is 4.79 Å². The number of hydrogen-bond acceptors (Lipinski definition) is 4. The fraction of sp³-hybridized carbons (Fsp3) is 0.400. The maximum Gasteiger partial charge on any atom is 0.245 e. The number of carbonyl (C=O) groups is 1. The number of ether oxygens (including phenoxy) is 1. The molecule has 0 atom stereocenters. The standard InChI is InChI=1S/C10H14N2O3/c11-8-4-7(10(12)14)5-9(6-8)15-3-1-2-13/h5-6,11,13H,1-4H2,(H2,12,14). The molecule has 0 bridgehead atoms. The molecule has 0 aliphatic heterocycles. The van der Waals surface area contributed by atoms with Crippen LogP contribution in [-0.4, -0.2) is 29.9 Å². The molecule has 4 N–H and O–H groups in total. The van der Waals surface area contributed by atoms with Gasteiger partial charge in [-0.1, -0.05) is 0 Å². The van der Waals surface area contributed by atoms with E-state index >= 15 is 0 Å². The number of amides is 1. The number of hydrogen-bond donors (Lipinski definition) is 3. The summed E-state index contributed by atoms with van der Waals surface area (Å²) in [5.74, 6) is -0.0791. The minimum atomic E-state index is -0.531. The Balaban J connectivity index is 2.62. The monoisotopic (exact) mass is 210 g/mol. The van der Waals surface area contributed by atoms with Gasteiger partial charge in [-0.05, 0) is 6.08 Å². The van der Waals surface area contributed by atoms with Gasteiger partial charge in [0.05, 0.1) is 6.61 Å². The molecule has 1 aliphatic rings. The first-order valence-electron chi connectivity index (χ1n) is 4.66. The van der Waals surface area contributed by atoms with Crippen LogP contribution in [0, 0.1) is 5.41 Å². The van der Waals surface area contributed by atoms with Crippen molar-refractivity contribution in [2.45, 2.75) is 12.8 Å². The van der Waals surface area contributed by atoms with Crippen LogP contribution in [0.3, 0.4) is 0 Å². The van der Waals surface area contributed by atoms with E-state index in [1.54, 1.807) is 6.08 Å². The molecule has 15 heavy (non-hydrogen) atoms. The molecule has 1 amide bonds. The predicted octanol–water partition coefficient (Wildman–Crippen LogP) is 0.104. The molecule has 5 heteroatoms. The summed E-state index contributed by atoms with van der Waals surface area (Å²) in [5.41, 5.74) is 5.79. The molecule has 0 radical (unpaired) electrons. The second kappa shape index (κ2) is 5.31. The summed E-state index contributed by atoms with van der Waals surface area (Å²) < 4.78 is 5.25.